The van der Waals surface area contributed by atoms with Gasteiger partial charge in [0.2, 0.25) is 5.91 Å². The molecule has 3 aromatic carbocycles. The number of ether oxygens (including phenoxy) is 3. The number of methoxy groups -OCH3 is 1. The van der Waals surface area contributed by atoms with Crippen molar-refractivity contribution in [3.63, 3.8) is 0 Å². The Hall–Kier alpha value is -3.47. The van der Waals surface area contributed by atoms with Gasteiger partial charge in [-0.3, -0.25) is 9.52 Å². The molecule has 1 heterocycles. The van der Waals surface area contributed by atoms with Gasteiger partial charge in [-0.15, -0.1) is 0 Å². The predicted octanol–water partition coefficient (Wildman–Crippen LogP) is 5.05. The molecule has 1 amide bonds. The summed E-state index contributed by atoms with van der Waals surface area (Å²) in [7, 11) is -2.49. The molecule has 10 heteroatoms. The molecule has 3 aromatic rings. The van der Waals surface area contributed by atoms with Crippen LogP contribution in [0.5, 0.6) is 5.75 Å². The van der Waals surface area contributed by atoms with E-state index in [1.54, 1.807) is 24.1 Å². The summed E-state index contributed by atoms with van der Waals surface area (Å²) < 4.78 is 58.8. The third-order valence-corrected chi connectivity index (χ3v) is 8.21. The zero-order valence-corrected chi connectivity index (χ0v) is 24.7. The molecular weight excluding hydrogens is 547 g/mol. The zero-order chi connectivity index (χ0) is 29.6. The van der Waals surface area contributed by atoms with E-state index in [9.17, 15) is 17.6 Å². The highest BCUT2D eigenvalue weighted by molar-refractivity contribution is 7.92. The quantitative estimate of drug-likeness (QED) is 0.300. The van der Waals surface area contributed by atoms with Crippen molar-refractivity contribution in [2.45, 2.75) is 50.6 Å². The molecule has 0 saturated heterocycles. The molecule has 0 spiro atoms. The summed E-state index contributed by atoms with van der Waals surface area (Å²) in [4.78, 5) is 14.7. The van der Waals surface area contributed by atoms with Gasteiger partial charge in [0, 0.05) is 26.3 Å². The first-order chi connectivity index (χ1) is 19.5. The Kier molecular flexibility index (Phi) is 9.68. The summed E-state index contributed by atoms with van der Waals surface area (Å²) in [5.41, 5.74) is 3.62. The molecule has 1 aliphatic rings. The van der Waals surface area contributed by atoms with E-state index < -0.39 is 15.8 Å². The zero-order valence-electron chi connectivity index (χ0n) is 23.9. The van der Waals surface area contributed by atoms with Crippen molar-refractivity contribution in [1.29, 1.82) is 0 Å². The summed E-state index contributed by atoms with van der Waals surface area (Å²) in [6.07, 6.45) is 0.269. The summed E-state index contributed by atoms with van der Waals surface area (Å²) in [6.45, 7) is 8.58. The lowest BCUT2D eigenvalue weighted by Gasteiger charge is -2.19. The minimum atomic E-state index is -4.07. The molecule has 0 atom stereocenters. The number of rotatable bonds is 12. The number of amides is 1. The van der Waals surface area contributed by atoms with E-state index in [4.69, 9.17) is 14.2 Å². The molecule has 220 valence electrons. The number of hydrogen-bond donors (Lipinski definition) is 1. The molecule has 0 bridgehead atoms. The molecule has 0 aliphatic carbocycles. The molecule has 0 fully saturated rings. The highest BCUT2D eigenvalue weighted by atomic mass is 32.2. The molecule has 0 radical (unpaired) electrons. The second-order valence-corrected chi connectivity index (χ2v) is 12.7. The van der Waals surface area contributed by atoms with Gasteiger partial charge in [-0.05, 0) is 51.9 Å². The summed E-state index contributed by atoms with van der Waals surface area (Å²) >= 11 is 0. The minimum Gasteiger partial charge on any atom is -0.491 e. The normalized spacial score (nSPS) is 13.2. The van der Waals surface area contributed by atoms with E-state index in [2.05, 4.69) is 37.6 Å². The fourth-order valence-corrected chi connectivity index (χ4v) is 5.58. The Labute approximate surface area is 241 Å². The first-order valence-corrected chi connectivity index (χ1v) is 15.0. The largest absolute Gasteiger partial charge is 0.491 e. The highest BCUT2D eigenvalue weighted by Crippen LogP contribution is 2.29. The topological polar surface area (TPSA) is 94.2 Å². The van der Waals surface area contributed by atoms with Crippen LogP contribution in [-0.2, 0) is 49.2 Å². The van der Waals surface area contributed by atoms with Crippen LogP contribution in [0.1, 0.15) is 43.0 Å². The summed E-state index contributed by atoms with van der Waals surface area (Å²) in [6, 6.07) is 16.7. The maximum Gasteiger partial charge on any atom is 0.261 e. The third kappa shape index (κ3) is 8.06. The molecule has 8 nitrogen and oxygen atoms in total. The Balaban J connectivity index is 1.35. The van der Waals surface area contributed by atoms with Gasteiger partial charge in [0.05, 0.1) is 36.8 Å². The van der Waals surface area contributed by atoms with Crippen molar-refractivity contribution >= 4 is 21.6 Å². The molecule has 0 saturated carbocycles. The van der Waals surface area contributed by atoms with Crippen LogP contribution in [-0.4, -0.2) is 52.8 Å². The van der Waals surface area contributed by atoms with Crippen LogP contribution in [0.3, 0.4) is 0 Å². The maximum atomic E-state index is 14.7. The Morgan fingerprint density at radius 2 is 1.63 bits per heavy atom. The van der Waals surface area contributed by atoms with Crippen molar-refractivity contribution in [3.05, 3.63) is 88.7 Å². The van der Waals surface area contributed by atoms with Gasteiger partial charge in [0.15, 0.2) is 5.82 Å². The highest BCUT2D eigenvalue weighted by Gasteiger charge is 2.26. The van der Waals surface area contributed by atoms with Crippen LogP contribution >= 0.6 is 0 Å². The van der Waals surface area contributed by atoms with Crippen molar-refractivity contribution in [2.24, 2.45) is 0 Å². The van der Waals surface area contributed by atoms with Gasteiger partial charge in [-0.25, -0.2) is 12.8 Å². The molecule has 0 unspecified atom stereocenters. The fourth-order valence-electron chi connectivity index (χ4n) is 4.46. The van der Waals surface area contributed by atoms with Crippen LogP contribution in [0.4, 0.5) is 10.1 Å². The van der Waals surface area contributed by atoms with Gasteiger partial charge in [0.25, 0.3) is 10.0 Å². The average Bonchev–Trinajstić information content (AvgIpc) is 3.36. The van der Waals surface area contributed by atoms with E-state index in [0.717, 1.165) is 22.8 Å². The fraction of sp³-hybridized carbons (Fsp3) is 0.387. The number of hydrogen-bond acceptors (Lipinski definition) is 6. The standard InChI is InChI=1S/C31H37FN2O6S/c1-31(2,3)25-8-5-22(6-9-25)17-30(35)34-20-23-7-11-27(18-24(23)21-34)41(36,37)33-29-12-10-26(19-28(29)32)40-16-15-39-14-13-38-4/h5-12,18-19,33H,13-17,20-21H2,1-4H3. The summed E-state index contributed by atoms with van der Waals surface area (Å²) in [5, 5.41) is 0. The molecular formula is C31H37FN2O6S. The van der Waals surface area contributed by atoms with Crippen molar-refractivity contribution < 1.29 is 31.8 Å². The number of fused-ring (bicyclic) bond motifs is 1. The van der Waals surface area contributed by atoms with E-state index in [1.165, 1.54) is 23.8 Å². The van der Waals surface area contributed by atoms with E-state index in [0.29, 0.717) is 32.9 Å². The Bertz CT molecular complexity index is 1470. The second-order valence-electron chi connectivity index (χ2n) is 11.0. The third-order valence-electron chi connectivity index (χ3n) is 6.85. The number of nitrogens with one attached hydrogen (secondary N) is 1. The van der Waals surface area contributed by atoms with Crippen molar-refractivity contribution in [2.75, 3.05) is 38.3 Å². The smallest absolute Gasteiger partial charge is 0.261 e. The van der Waals surface area contributed by atoms with Crippen LogP contribution in [0.15, 0.2) is 65.6 Å². The van der Waals surface area contributed by atoms with Crippen molar-refractivity contribution in [3.8, 4) is 5.75 Å². The van der Waals surface area contributed by atoms with E-state index in [1.807, 2.05) is 12.1 Å². The first kappa shape index (κ1) is 30.5. The molecule has 1 N–H and O–H groups in total. The minimum absolute atomic E-state index is 0.00347. The average molecular weight is 585 g/mol. The van der Waals surface area contributed by atoms with Gasteiger partial charge < -0.3 is 19.1 Å². The van der Waals surface area contributed by atoms with E-state index in [-0.39, 0.29) is 40.7 Å². The predicted molar refractivity (Wildman–Crippen MR) is 155 cm³/mol. The molecule has 41 heavy (non-hydrogen) atoms. The Morgan fingerprint density at radius 1 is 0.927 bits per heavy atom. The van der Waals surface area contributed by atoms with Gasteiger partial charge in [-0.2, -0.15) is 0 Å². The number of halogens is 1. The number of carbonyl (C=O) groups excluding carboxylic acids is 1. The van der Waals surface area contributed by atoms with Crippen LogP contribution < -0.4 is 9.46 Å². The summed E-state index contributed by atoms with van der Waals surface area (Å²) in [5.74, 6) is -0.536. The van der Waals surface area contributed by atoms with Gasteiger partial charge >= 0.3 is 0 Å². The first-order valence-electron chi connectivity index (χ1n) is 13.5. The van der Waals surface area contributed by atoms with Crippen LogP contribution in [0.2, 0.25) is 0 Å². The number of benzene rings is 3. The van der Waals surface area contributed by atoms with Crippen LogP contribution in [0.25, 0.3) is 0 Å². The lowest BCUT2D eigenvalue weighted by Crippen LogP contribution is -2.26. The SMILES string of the molecule is COCCOCCOc1ccc(NS(=O)(=O)c2ccc3c(c2)CN(C(=O)Cc2ccc(C(C)(C)C)cc2)C3)c(F)c1. The molecule has 0 aromatic heterocycles. The molecule has 4 rings (SSSR count). The monoisotopic (exact) mass is 584 g/mol. The van der Waals surface area contributed by atoms with Crippen LogP contribution in [0, 0.1) is 5.82 Å². The number of carbonyl (C=O) groups is 1. The lowest BCUT2D eigenvalue weighted by molar-refractivity contribution is -0.131. The number of nitrogens with zero attached hydrogens (tertiary/aromatic N) is 1. The Morgan fingerprint density at radius 3 is 2.32 bits per heavy atom. The van der Waals surface area contributed by atoms with E-state index >= 15 is 0 Å². The van der Waals surface area contributed by atoms with Crippen molar-refractivity contribution in [1.82, 2.24) is 4.90 Å². The lowest BCUT2D eigenvalue weighted by atomic mass is 9.86. The molecule has 1 aliphatic heterocycles. The number of sulfonamides is 1. The number of anilines is 1. The van der Waals surface area contributed by atoms with Gasteiger partial charge in [0.1, 0.15) is 12.4 Å². The maximum absolute atomic E-state index is 14.7. The van der Waals surface area contributed by atoms with Gasteiger partial charge in [-0.1, -0.05) is 51.1 Å². The second kappa shape index (κ2) is 13.0.